The van der Waals surface area contributed by atoms with Gasteiger partial charge in [-0.1, -0.05) is 13.3 Å². The van der Waals surface area contributed by atoms with Gasteiger partial charge in [0.05, 0.1) is 0 Å². The van der Waals surface area contributed by atoms with E-state index in [0.29, 0.717) is 5.69 Å². The molecular formula is C12H18N2O. The molecule has 15 heavy (non-hydrogen) atoms. The highest BCUT2D eigenvalue weighted by atomic mass is 16.3. The second-order valence-corrected chi connectivity index (χ2v) is 3.54. The number of hydrogen-bond donors (Lipinski definition) is 0. The summed E-state index contributed by atoms with van der Waals surface area (Å²) >= 11 is 0. The molecule has 82 valence electrons. The van der Waals surface area contributed by atoms with Gasteiger partial charge in [0.2, 0.25) is 0 Å². The van der Waals surface area contributed by atoms with Crippen molar-refractivity contribution in [3.05, 3.63) is 29.2 Å². The highest BCUT2D eigenvalue weighted by Crippen LogP contribution is 2.19. The summed E-state index contributed by atoms with van der Waals surface area (Å²) in [5.74, 6) is 0. The molecule has 0 radical (unpaired) electrons. The fraction of sp³-hybridized carbons (Fsp3) is 0.500. The van der Waals surface area contributed by atoms with Crippen molar-refractivity contribution in [1.29, 1.82) is 0 Å². The summed E-state index contributed by atoms with van der Waals surface area (Å²) in [4.78, 5) is 12.6. The van der Waals surface area contributed by atoms with Gasteiger partial charge in [-0.2, -0.15) is 0 Å². The van der Waals surface area contributed by atoms with Gasteiger partial charge >= 0.3 is 0 Å². The van der Waals surface area contributed by atoms with Crippen LogP contribution >= 0.6 is 0 Å². The maximum absolute atomic E-state index is 10.3. The van der Waals surface area contributed by atoms with Gasteiger partial charge in [-0.3, -0.25) is 0 Å². The van der Waals surface area contributed by atoms with Crippen molar-refractivity contribution >= 4 is 11.4 Å². The third-order valence-electron chi connectivity index (χ3n) is 2.48. The monoisotopic (exact) mass is 206 g/mol. The maximum atomic E-state index is 10.3. The Balaban J connectivity index is 2.69. The molecule has 1 aromatic rings. The predicted octanol–water partition coefficient (Wildman–Crippen LogP) is 3.71. The van der Waals surface area contributed by atoms with Crippen LogP contribution in [-0.2, 0) is 0 Å². The minimum absolute atomic E-state index is 0.491. The van der Waals surface area contributed by atoms with E-state index in [1.807, 2.05) is 12.1 Å². The van der Waals surface area contributed by atoms with Crippen molar-refractivity contribution in [2.75, 3.05) is 18.0 Å². The van der Waals surface area contributed by atoms with Crippen LogP contribution in [0.3, 0.4) is 0 Å². The summed E-state index contributed by atoms with van der Waals surface area (Å²) in [6, 6.07) is 7.43. The van der Waals surface area contributed by atoms with Crippen LogP contribution in [0.25, 0.3) is 0 Å². The lowest BCUT2D eigenvalue weighted by molar-refractivity contribution is 0.732. The summed E-state index contributed by atoms with van der Waals surface area (Å²) < 4.78 is 0. The fourth-order valence-corrected chi connectivity index (χ4v) is 1.54. The molecule has 3 nitrogen and oxygen atoms in total. The first kappa shape index (κ1) is 11.7. The molecule has 1 rings (SSSR count). The molecule has 0 unspecified atom stereocenters. The van der Waals surface area contributed by atoms with Crippen molar-refractivity contribution in [3.63, 3.8) is 0 Å². The van der Waals surface area contributed by atoms with Crippen LogP contribution in [0.1, 0.15) is 26.7 Å². The highest BCUT2D eigenvalue weighted by molar-refractivity contribution is 5.52. The average molecular weight is 206 g/mol. The topological polar surface area (TPSA) is 32.7 Å². The molecule has 3 heteroatoms. The van der Waals surface area contributed by atoms with Gasteiger partial charge in [0.1, 0.15) is 5.69 Å². The van der Waals surface area contributed by atoms with Gasteiger partial charge in [-0.15, -0.1) is 4.91 Å². The third-order valence-corrected chi connectivity index (χ3v) is 2.48. The summed E-state index contributed by atoms with van der Waals surface area (Å²) in [5, 5.41) is 2.89. The van der Waals surface area contributed by atoms with Crippen LogP contribution in [-0.4, -0.2) is 13.1 Å². The van der Waals surface area contributed by atoms with Crippen molar-refractivity contribution in [1.82, 2.24) is 0 Å². The van der Waals surface area contributed by atoms with Gasteiger partial charge in [0.15, 0.2) is 0 Å². The van der Waals surface area contributed by atoms with Gasteiger partial charge in [0.25, 0.3) is 0 Å². The molecule has 0 aliphatic heterocycles. The molecular weight excluding hydrogens is 188 g/mol. The summed E-state index contributed by atoms with van der Waals surface area (Å²) in [6.45, 7) is 6.39. The zero-order valence-corrected chi connectivity index (χ0v) is 9.44. The molecule has 0 heterocycles. The van der Waals surface area contributed by atoms with E-state index in [-0.39, 0.29) is 0 Å². The molecule has 0 aliphatic rings. The number of unbranched alkanes of at least 4 members (excludes halogenated alkanes) is 1. The minimum Gasteiger partial charge on any atom is -0.372 e. The Kier molecular flexibility index (Phi) is 4.81. The summed E-state index contributed by atoms with van der Waals surface area (Å²) in [5.41, 5.74) is 1.66. The standard InChI is InChI=1S/C12H18N2O/c1-3-5-10-14(4-2)12-8-6-11(13-15)7-9-12/h6-9H,3-5,10H2,1-2H3. The van der Waals surface area contributed by atoms with E-state index in [1.165, 1.54) is 18.5 Å². The molecule has 0 aromatic heterocycles. The molecule has 0 aliphatic carbocycles. The number of nitrogens with zero attached hydrogens (tertiary/aromatic N) is 2. The Morgan fingerprint density at radius 3 is 2.33 bits per heavy atom. The molecule has 0 fully saturated rings. The maximum Gasteiger partial charge on any atom is 0.108 e. The molecule has 0 saturated carbocycles. The Labute approximate surface area is 91.1 Å². The number of anilines is 1. The molecule has 0 amide bonds. The first-order valence-corrected chi connectivity index (χ1v) is 5.50. The largest absolute Gasteiger partial charge is 0.372 e. The van der Waals surface area contributed by atoms with E-state index in [9.17, 15) is 4.91 Å². The minimum atomic E-state index is 0.491. The number of rotatable bonds is 6. The number of hydrogen-bond acceptors (Lipinski definition) is 3. The van der Waals surface area contributed by atoms with Gasteiger partial charge in [-0.25, -0.2) is 0 Å². The normalized spacial score (nSPS) is 10.0. The van der Waals surface area contributed by atoms with Crippen LogP contribution in [0.5, 0.6) is 0 Å². The van der Waals surface area contributed by atoms with Gasteiger partial charge in [-0.05, 0) is 42.8 Å². The Morgan fingerprint density at radius 1 is 1.20 bits per heavy atom. The second-order valence-electron chi connectivity index (χ2n) is 3.54. The van der Waals surface area contributed by atoms with Crippen molar-refractivity contribution in [3.8, 4) is 0 Å². The third kappa shape index (κ3) is 3.35. The lowest BCUT2D eigenvalue weighted by Gasteiger charge is -2.22. The summed E-state index contributed by atoms with van der Waals surface area (Å²) in [6.07, 6.45) is 2.39. The van der Waals surface area contributed by atoms with E-state index < -0.39 is 0 Å². The van der Waals surface area contributed by atoms with Crippen LogP contribution in [0.15, 0.2) is 29.4 Å². The van der Waals surface area contributed by atoms with Crippen LogP contribution in [0, 0.1) is 4.91 Å². The molecule has 0 atom stereocenters. The predicted molar refractivity (Wildman–Crippen MR) is 64.7 cm³/mol. The zero-order chi connectivity index (χ0) is 11.1. The van der Waals surface area contributed by atoms with Crippen molar-refractivity contribution in [2.45, 2.75) is 26.7 Å². The molecule has 0 N–H and O–H groups in total. The molecule has 0 spiro atoms. The van der Waals surface area contributed by atoms with E-state index in [4.69, 9.17) is 0 Å². The Morgan fingerprint density at radius 2 is 1.87 bits per heavy atom. The quantitative estimate of drug-likeness (QED) is 0.664. The van der Waals surface area contributed by atoms with Crippen LogP contribution in [0.4, 0.5) is 11.4 Å². The molecule has 1 aromatic carbocycles. The van der Waals surface area contributed by atoms with E-state index in [2.05, 4.69) is 23.9 Å². The first-order chi connectivity index (χ1) is 7.31. The number of nitroso groups, excluding NO2 is 1. The van der Waals surface area contributed by atoms with E-state index >= 15 is 0 Å². The van der Waals surface area contributed by atoms with Gasteiger partial charge in [0, 0.05) is 18.8 Å². The first-order valence-electron chi connectivity index (χ1n) is 5.50. The summed E-state index contributed by atoms with van der Waals surface area (Å²) in [7, 11) is 0. The average Bonchev–Trinajstić information content (AvgIpc) is 2.31. The van der Waals surface area contributed by atoms with Gasteiger partial charge < -0.3 is 4.90 Å². The fourth-order valence-electron chi connectivity index (χ4n) is 1.54. The molecule has 0 bridgehead atoms. The highest BCUT2D eigenvalue weighted by Gasteiger charge is 2.02. The van der Waals surface area contributed by atoms with Crippen LogP contribution in [0.2, 0.25) is 0 Å². The number of benzene rings is 1. The zero-order valence-electron chi connectivity index (χ0n) is 9.44. The Bertz CT molecular complexity index is 295. The lowest BCUT2D eigenvalue weighted by atomic mass is 10.2. The Hall–Kier alpha value is -1.38. The van der Waals surface area contributed by atoms with Crippen molar-refractivity contribution < 1.29 is 0 Å². The lowest BCUT2D eigenvalue weighted by Crippen LogP contribution is -2.23. The smallest absolute Gasteiger partial charge is 0.108 e. The SMILES string of the molecule is CCCCN(CC)c1ccc(N=O)cc1. The second kappa shape index (κ2) is 6.17. The van der Waals surface area contributed by atoms with E-state index in [1.54, 1.807) is 12.1 Å². The molecule has 0 saturated heterocycles. The van der Waals surface area contributed by atoms with Crippen LogP contribution < -0.4 is 4.90 Å². The van der Waals surface area contributed by atoms with E-state index in [0.717, 1.165) is 13.1 Å². The van der Waals surface area contributed by atoms with Crippen molar-refractivity contribution in [2.24, 2.45) is 5.18 Å².